The second-order valence-corrected chi connectivity index (χ2v) is 7.88. The van der Waals surface area contributed by atoms with Crippen LogP contribution in [-0.2, 0) is 16.2 Å². The minimum atomic E-state index is -0.285. The number of oxime groups is 1. The molecule has 1 aliphatic heterocycles. The summed E-state index contributed by atoms with van der Waals surface area (Å²) in [5, 5.41) is 6.78. The molecule has 1 N–H and O–H groups in total. The molecular formula is C27H28N2O6. The molecule has 35 heavy (non-hydrogen) atoms. The number of methoxy groups -OCH3 is 1. The molecule has 0 aliphatic carbocycles. The molecule has 8 heteroatoms. The van der Waals surface area contributed by atoms with Crippen molar-refractivity contribution in [3.05, 3.63) is 83.4 Å². The van der Waals surface area contributed by atoms with E-state index in [-0.39, 0.29) is 18.6 Å². The standard InChI is InChI=1S/C27H28N2O6/c1-19(22-9-11-24-26(15-22)33-13-12-32-24)29-27(30)18-35-28-16-21-8-10-23(25(14-21)31-2)34-17-20-6-4-3-5-7-20/h3-11,14-16,19H,12-13,17-18H2,1-2H3,(H,29,30). The van der Waals surface area contributed by atoms with Crippen LogP contribution in [0.4, 0.5) is 0 Å². The molecule has 8 nitrogen and oxygen atoms in total. The van der Waals surface area contributed by atoms with Crippen LogP contribution >= 0.6 is 0 Å². The molecule has 3 aromatic rings. The second-order valence-electron chi connectivity index (χ2n) is 7.88. The molecule has 1 atom stereocenters. The third-order valence-corrected chi connectivity index (χ3v) is 5.34. The lowest BCUT2D eigenvalue weighted by Gasteiger charge is -2.21. The number of rotatable bonds is 10. The summed E-state index contributed by atoms with van der Waals surface area (Å²) in [6.07, 6.45) is 1.51. The lowest BCUT2D eigenvalue weighted by Crippen LogP contribution is -2.29. The maximum Gasteiger partial charge on any atom is 0.261 e. The summed E-state index contributed by atoms with van der Waals surface area (Å²) < 4.78 is 22.4. The zero-order valence-corrected chi connectivity index (χ0v) is 19.7. The van der Waals surface area contributed by atoms with E-state index in [1.54, 1.807) is 13.2 Å². The minimum Gasteiger partial charge on any atom is -0.493 e. The van der Waals surface area contributed by atoms with E-state index in [2.05, 4.69) is 10.5 Å². The summed E-state index contributed by atoms with van der Waals surface area (Å²) in [5.74, 6) is 2.32. The van der Waals surface area contributed by atoms with Crippen LogP contribution in [0.25, 0.3) is 0 Å². The van der Waals surface area contributed by atoms with Crippen molar-refractivity contribution in [3.63, 3.8) is 0 Å². The van der Waals surface area contributed by atoms with Gasteiger partial charge in [-0.1, -0.05) is 41.6 Å². The van der Waals surface area contributed by atoms with Crippen LogP contribution in [0.5, 0.6) is 23.0 Å². The molecule has 0 fully saturated rings. The van der Waals surface area contributed by atoms with E-state index in [4.69, 9.17) is 23.8 Å². The number of nitrogens with zero attached hydrogens (tertiary/aromatic N) is 1. The normalized spacial score (nSPS) is 13.2. The van der Waals surface area contributed by atoms with Gasteiger partial charge in [0.05, 0.1) is 19.4 Å². The Morgan fingerprint density at radius 1 is 1.03 bits per heavy atom. The van der Waals surface area contributed by atoms with Crippen LogP contribution in [0.2, 0.25) is 0 Å². The van der Waals surface area contributed by atoms with Gasteiger partial charge in [-0.2, -0.15) is 0 Å². The monoisotopic (exact) mass is 476 g/mol. The predicted octanol–water partition coefficient (Wildman–Crippen LogP) is 4.27. The average molecular weight is 477 g/mol. The highest BCUT2D eigenvalue weighted by Gasteiger charge is 2.16. The molecule has 0 bridgehead atoms. The van der Waals surface area contributed by atoms with E-state index in [1.807, 2.05) is 67.6 Å². The lowest BCUT2D eigenvalue weighted by molar-refractivity contribution is -0.126. The first kappa shape index (κ1) is 23.9. The summed E-state index contributed by atoms with van der Waals surface area (Å²) in [7, 11) is 1.58. The van der Waals surface area contributed by atoms with Crippen molar-refractivity contribution in [1.82, 2.24) is 5.32 Å². The molecule has 4 rings (SSSR count). The summed E-state index contributed by atoms with van der Waals surface area (Å²) in [5.41, 5.74) is 2.72. The molecule has 3 aromatic carbocycles. The van der Waals surface area contributed by atoms with Crippen molar-refractivity contribution in [2.24, 2.45) is 5.16 Å². The lowest BCUT2D eigenvalue weighted by atomic mass is 10.1. The molecular weight excluding hydrogens is 448 g/mol. The molecule has 182 valence electrons. The first-order valence-corrected chi connectivity index (χ1v) is 11.3. The first-order valence-electron chi connectivity index (χ1n) is 11.3. The molecule has 0 aromatic heterocycles. The number of ether oxygens (including phenoxy) is 4. The summed E-state index contributed by atoms with van der Waals surface area (Å²) in [4.78, 5) is 17.4. The fourth-order valence-electron chi connectivity index (χ4n) is 3.51. The van der Waals surface area contributed by atoms with Crippen LogP contribution in [0.15, 0.2) is 71.9 Å². The zero-order valence-electron chi connectivity index (χ0n) is 19.7. The number of carbonyl (C=O) groups excluding carboxylic acids is 1. The minimum absolute atomic E-state index is 0.208. The molecule has 1 amide bonds. The highest BCUT2D eigenvalue weighted by molar-refractivity contribution is 5.81. The Bertz CT molecular complexity index is 1170. The van der Waals surface area contributed by atoms with Crippen molar-refractivity contribution in [3.8, 4) is 23.0 Å². The molecule has 0 radical (unpaired) electrons. The Labute approximate surface area is 204 Å². The smallest absolute Gasteiger partial charge is 0.261 e. The molecule has 0 saturated heterocycles. The topological polar surface area (TPSA) is 87.6 Å². The van der Waals surface area contributed by atoms with Gasteiger partial charge in [0.15, 0.2) is 29.6 Å². The number of hydrogen-bond donors (Lipinski definition) is 1. The quantitative estimate of drug-likeness (QED) is 0.347. The Morgan fingerprint density at radius 3 is 2.63 bits per heavy atom. The van der Waals surface area contributed by atoms with Gasteiger partial charge in [-0.05, 0) is 48.4 Å². The second kappa shape index (κ2) is 11.8. The van der Waals surface area contributed by atoms with Crippen LogP contribution in [-0.4, -0.2) is 39.1 Å². The fraction of sp³-hybridized carbons (Fsp3) is 0.259. The van der Waals surface area contributed by atoms with Gasteiger partial charge in [-0.15, -0.1) is 0 Å². The van der Waals surface area contributed by atoms with Crippen LogP contribution in [0.1, 0.15) is 29.7 Å². The van der Waals surface area contributed by atoms with Gasteiger partial charge in [-0.25, -0.2) is 0 Å². The third kappa shape index (κ3) is 6.66. The Kier molecular flexibility index (Phi) is 8.06. The number of amides is 1. The van der Waals surface area contributed by atoms with Gasteiger partial charge in [0.2, 0.25) is 0 Å². The molecule has 1 unspecified atom stereocenters. The Balaban J connectivity index is 1.25. The number of carbonyl (C=O) groups is 1. The SMILES string of the molecule is COc1cc(C=NOCC(=O)NC(C)c2ccc3c(c2)OCCO3)ccc1OCc1ccccc1. The van der Waals surface area contributed by atoms with Gasteiger partial charge >= 0.3 is 0 Å². The maximum atomic E-state index is 12.3. The van der Waals surface area contributed by atoms with Crippen molar-refractivity contribution in [2.45, 2.75) is 19.6 Å². The number of nitrogens with one attached hydrogen (secondary N) is 1. The highest BCUT2D eigenvalue weighted by Crippen LogP contribution is 2.32. The van der Waals surface area contributed by atoms with Gasteiger partial charge in [0, 0.05) is 5.56 Å². The number of benzene rings is 3. The van der Waals surface area contributed by atoms with Gasteiger partial charge < -0.3 is 29.1 Å². The average Bonchev–Trinajstić information content (AvgIpc) is 2.90. The molecule has 1 heterocycles. The van der Waals surface area contributed by atoms with E-state index in [1.165, 1.54) is 6.21 Å². The zero-order chi connectivity index (χ0) is 24.5. The van der Waals surface area contributed by atoms with Crippen molar-refractivity contribution in [2.75, 3.05) is 26.9 Å². The van der Waals surface area contributed by atoms with Gasteiger partial charge in [-0.3, -0.25) is 4.79 Å². The van der Waals surface area contributed by atoms with Gasteiger partial charge in [0.1, 0.15) is 19.8 Å². The molecule has 1 aliphatic rings. The van der Waals surface area contributed by atoms with E-state index in [0.29, 0.717) is 42.8 Å². The largest absolute Gasteiger partial charge is 0.493 e. The summed E-state index contributed by atoms with van der Waals surface area (Å²) in [6.45, 7) is 3.17. The maximum absolute atomic E-state index is 12.3. The van der Waals surface area contributed by atoms with Crippen molar-refractivity contribution in [1.29, 1.82) is 0 Å². The molecule has 0 spiro atoms. The van der Waals surface area contributed by atoms with Crippen LogP contribution < -0.4 is 24.3 Å². The fourth-order valence-corrected chi connectivity index (χ4v) is 3.51. The van der Waals surface area contributed by atoms with E-state index >= 15 is 0 Å². The summed E-state index contributed by atoms with van der Waals surface area (Å²) >= 11 is 0. The summed E-state index contributed by atoms with van der Waals surface area (Å²) in [6, 6.07) is 20.7. The van der Waals surface area contributed by atoms with Crippen molar-refractivity contribution >= 4 is 12.1 Å². The van der Waals surface area contributed by atoms with Crippen LogP contribution in [0.3, 0.4) is 0 Å². The van der Waals surface area contributed by atoms with E-state index in [9.17, 15) is 4.79 Å². The predicted molar refractivity (Wildman–Crippen MR) is 131 cm³/mol. The van der Waals surface area contributed by atoms with Crippen LogP contribution in [0, 0.1) is 0 Å². The molecule has 0 saturated carbocycles. The van der Waals surface area contributed by atoms with Gasteiger partial charge in [0.25, 0.3) is 5.91 Å². The Morgan fingerprint density at radius 2 is 1.83 bits per heavy atom. The first-order chi connectivity index (χ1) is 17.1. The van der Waals surface area contributed by atoms with Crippen molar-refractivity contribution < 1.29 is 28.6 Å². The number of hydrogen-bond acceptors (Lipinski definition) is 7. The number of fused-ring (bicyclic) bond motifs is 1. The Hall–Kier alpha value is -4.20. The highest BCUT2D eigenvalue weighted by atomic mass is 16.6. The van der Waals surface area contributed by atoms with E-state index < -0.39 is 0 Å². The third-order valence-electron chi connectivity index (χ3n) is 5.34. The van der Waals surface area contributed by atoms with E-state index in [0.717, 1.165) is 16.7 Å².